The summed E-state index contributed by atoms with van der Waals surface area (Å²) in [5.74, 6) is -1.95. The first-order chi connectivity index (χ1) is 24.7. The van der Waals surface area contributed by atoms with Crippen LogP contribution in [0.15, 0.2) is 33.5 Å². The van der Waals surface area contributed by atoms with Crippen molar-refractivity contribution in [1.82, 2.24) is 0 Å². The summed E-state index contributed by atoms with van der Waals surface area (Å²) in [5.41, 5.74) is -8.62. The lowest BCUT2D eigenvalue weighted by Gasteiger charge is -2.46. The fraction of sp³-hybridized carbons (Fsp3) is 0.575. The molecule has 3 aliphatic heterocycles. The van der Waals surface area contributed by atoms with Crippen molar-refractivity contribution in [3.05, 3.63) is 40.1 Å². The van der Waals surface area contributed by atoms with Gasteiger partial charge in [-0.3, -0.25) is 14.4 Å². The number of rotatable bonds is 6. The molecule has 4 bridgehead atoms. The number of esters is 4. The number of hydrogen-bond acceptors (Lipinski definition) is 13. The van der Waals surface area contributed by atoms with Crippen LogP contribution in [0.3, 0.4) is 0 Å². The summed E-state index contributed by atoms with van der Waals surface area (Å²) in [5, 5.41) is 0.234. The van der Waals surface area contributed by atoms with E-state index in [1.165, 1.54) is 20.3 Å². The molecule has 282 valence electrons. The molecule has 2 saturated heterocycles. The molecule has 8 rings (SSSR count). The summed E-state index contributed by atoms with van der Waals surface area (Å²) in [6.07, 6.45) is -1.61. The van der Waals surface area contributed by atoms with Crippen LogP contribution in [0.4, 0.5) is 0 Å². The maximum absolute atomic E-state index is 14.7. The van der Waals surface area contributed by atoms with E-state index in [0.717, 1.165) is 0 Å². The van der Waals surface area contributed by atoms with Gasteiger partial charge in [-0.2, -0.15) is 0 Å². The predicted octanol–water partition coefficient (Wildman–Crippen LogP) is 5.87. The quantitative estimate of drug-likeness (QED) is 0.168. The van der Waals surface area contributed by atoms with Crippen molar-refractivity contribution in [1.29, 1.82) is 0 Å². The van der Waals surface area contributed by atoms with Crippen LogP contribution in [0.5, 0.6) is 17.2 Å². The normalized spacial score (nSPS) is 33.9. The first-order valence-electron chi connectivity index (χ1n) is 17.9. The molecule has 2 unspecified atom stereocenters. The van der Waals surface area contributed by atoms with Crippen molar-refractivity contribution in [2.45, 2.75) is 110 Å². The third kappa shape index (κ3) is 4.00. The van der Waals surface area contributed by atoms with Gasteiger partial charge in [-0.25, -0.2) is 9.59 Å². The van der Waals surface area contributed by atoms with Gasteiger partial charge in [0.2, 0.25) is 16.6 Å². The maximum atomic E-state index is 14.7. The second-order valence-electron chi connectivity index (χ2n) is 17.2. The number of carbonyl (C=O) groups is 4. The molecule has 53 heavy (non-hydrogen) atoms. The van der Waals surface area contributed by atoms with Gasteiger partial charge in [-0.05, 0) is 71.6 Å². The third-order valence-corrected chi connectivity index (χ3v) is 14.2. The van der Waals surface area contributed by atoms with Crippen LogP contribution in [0, 0.1) is 21.7 Å². The Balaban J connectivity index is 1.33. The number of benzene rings is 2. The van der Waals surface area contributed by atoms with Crippen LogP contribution < -0.4 is 19.6 Å². The summed E-state index contributed by atoms with van der Waals surface area (Å²) in [7, 11) is 2.88. The number of ether oxygens (including phenoxy) is 7. The first-order valence-corrected chi connectivity index (χ1v) is 17.9. The van der Waals surface area contributed by atoms with Gasteiger partial charge in [-0.1, -0.05) is 27.7 Å². The zero-order chi connectivity index (χ0) is 38.5. The number of fused-ring (bicyclic) bond motifs is 8. The van der Waals surface area contributed by atoms with E-state index < -0.39 is 80.0 Å². The van der Waals surface area contributed by atoms with E-state index in [4.69, 9.17) is 37.6 Å². The maximum Gasteiger partial charge on any atom is 0.351 e. The molecule has 0 spiro atoms. The van der Waals surface area contributed by atoms with Gasteiger partial charge < -0.3 is 37.6 Å². The van der Waals surface area contributed by atoms with E-state index in [0.29, 0.717) is 18.6 Å². The molecule has 13 heteroatoms. The standard InChI is InChI=1S/C40H44O13/c1-34(2)29(50-33(45)40-16-14-38(8,31(43)53-40)36(40,5)6)28(49-32(44)39-15-13-37(7,30(42)52-39)35(39,3)4)25-23(51-34)18-22(47-10)24-26(41)20-17-19(46-9)11-12-21(20)48-27(24)25/h11-12,17-18,28-29H,13-16H2,1-10H3/t28-,29-,37?,38?,39-,40-/m1/s1. The molecule has 2 aliphatic carbocycles. The van der Waals surface area contributed by atoms with Gasteiger partial charge in [-0.15, -0.1) is 0 Å². The Kier molecular flexibility index (Phi) is 6.94. The minimum absolute atomic E-state index is 0.0213. The number of methoxy groups -OCH3 is 2. The fourth-order valence-electron chi connectivity index (χ4n) is 9.62. The summed E-state index contributed by atoms with van der Waals surface area (Å²) in [4.78, 5) is 70.0. The molecule has 5 aliphatic rings. The van der Waals surface area contributed by atoms with Crippen molar-refractivity contribution in [3.8, 4) is 17.2 Å². The van der Waals surface area contributed by atoms with Crippen LogP contribution in [0.2, 0.25) is 0 Å². The van der Waals surface area contributed by atoms with Crippen molar-refractivity contribution in [3.63, 3.8) is 0 Å². The van der Waals surface area contributed by atoms with Gasteiger partial charge in [0.05, 0.1) is 36.0 Å². The zero-order valence-corrected chi connectivity index (χ0v) is 31.6. The average Bonchev–Trinajstić information content (AvgIpc) is 3.56. The van der Waals surface area contributed by atoms with Gasteiger partial charge in [0.25, 0.3) is 0 Å². The Hall–Kier alpha value is -4.81. The predicted molar refractivity (Wildman–Crippen MR) is 186 cm³/mol. The van der Waals surface area contributed by atoms with Crippen molar-refractivity contribution in [2.75, 3.05) is 14.2 Å². The molecular formula is C40H44O13. The van der Waals surface area contributed by atoms with E-state index in [9.17, 15) is 24.0 Å². The minimum Gasteiger partial charge on any atom is -0.497 e. The van der Waals surface area contributed by atoms with E-state index >= 15 is 0 Å². The van der Waals surface area contributed by atoms with E-state index in [2.05, 4.69) is 0 Å². The molecule has 6 atom stereocenters. The molecule has 13 nitrogen and oxygen atoms in total. The highest BCUT2D eigenvalue weighted by Gasteiger charge is 2.78. The summed E-state index contributed by atoms with van der Waals surface area (Å²) >= 11 is 0. The number of hydrogen-bond donors (Lipinski definition) is 0. The molecule has 0 radical (unpaired) electrons. The molecular weight excluding hydrogens is 688 g/mol. The van der Waals surface area contributed by atoms with Crippen LogP contribution >= 0.6 is 0 Å². The molecule has 0 amide bonds. The zero-order valence-electron chi connectivity index (χ0n) is 31.6. The molecule has 4 heterocycles. The highest BCUT2D eigenvalue weighted by Crippen LogP contribution is 2.68. The lowest BCUT2D eigenvalue weighted by Crippen LogP contribution is -2.57. The fourth-order valence-corrected chi connectivity index (χ4v) is 9.62. The lowest BCUT2D eigenvalue weighted by molar-refractivity contribution is -0.217. The second kappa shape index (κ2) is 10.4. The Morgan fingerprint density at radius 3 is 1.77 bits per heavy atom. The van der Waals surface area contributed by atoms with E-state index in [-0.39, 0.29) is 51.8 Å². The Labute approximate surface area is 305 Å². The smallest absolute Gasteiger partial charge is 0.351 e. The Bertz CT molecular complexity index is 2250. The Morgan fingerprint density at radius 2 is 1.28 bits per heavy atom. The van der Waals surface area contributed by atoms with Gasteiger partial charge in [0.1, 0.15) is 33.8 Å². The van der Waals surface area contributed by atoms with Crippen LogP contribution in [0.1, 0.15) is 92.7 Å². The third-order valence-electron chi connectivity index (χ3n) is 14.2. The van der Waals surface area contributed by atoms with Gasteiger partial charge in [0, 0.05) is 16.9 Å². The molecule has 4 fully saturated rings. The highest BCUT2D eigenvalue weighted by molar-refractivity contribution is 5.98. The SMILES string of the molecule is COc1ccc2oc3c4c(cc(OC)c3c(=O)c2c1)OC(C)(C)[C@H](OC(=O)[C@@]12CCC(C)(C(=O)O1)C2(C)C)[C@@H]4OC(=O)[C@@]12CCC(C)(C(=O)O1)C2(C)C. The average molecular weight is 733 g/mol. The van der Waals surface area contributed by atoms with Gasteiger partial charge in [0.15, 0.2) is 17.8 Å². The molecule has 1 aromatic heterocycles. The first kappa shape index (κ1) is 35.2. The van der Waals surface area contributed by atoms with Gasteiger partial charge >= 0.3 is 23.9 Å². The van der Waals surface area contributed by atoms with E-state index in [1.807, 2.05) is 13.8 Å². The topological polar surface area (TPSA) is 163 Å². The highest BCUT2D eigenvalue weighted by atomic mass is 16.7. The van der Waals surface area contributed by atoms with Crippen molar-refractivity contribution >= 4 is 45.8 Å². The molecule has 3 aromatic rings. The van der Waals surface area contributed by atoms with Crippen LogP contribution in [0.25, 0.3) is 21.9 Å². The van der Waals surface area contributed by atoms with E-state index in [1.54, 1.807) is 59.7 Å². The number of carbonyl (C=O) groups excluding carboxylic acids is 4. The monoisotopic (exact) mass is 732 g/mol. The van der Waals surface area contributed by atoms with Crippen LogP contribution in [-0.2, 0) is 38.1 Å². The molecule has 2 aromatic carbocycles. The second-order valence-corrected chi connectivity index (χ2v) is 17.2. The summed E-state index contributed by atoms with van der Waals surface area (Å²) in [6, 6.07) is 6.28. The Morgan fingerprint density at radius 1 is 0.717 bits per heavy atom. The minimum atomic E-state index is -1.66. The largest absolute Gasteiger partial charge is 0.497 e. The summed E-state index contributed by atoms with van der Waals surface area (Å²) < 4.78 is 48.8. The van der Waals surface area contributed by atoms with Crippen LogP contribution in [-0.4, -0.2) is 61.0 Å². The van der Waals surface area contributed by atoms with Crippen molar-refractivity contribution in [2.24, 2.45) is 21.7 Å². The summed E-state index contributed by atoms with van der Waals surface area (Å²) in [6.45, 7) is 14.1. The van der Waals surface area contributed by atoms with Crippen molar-refractivity contribution < 1.29 is 56.8 Å². The molecule has 2 saturated carbocycles. The molecule has 0 N–H and O–H groups in total. The lowest BCUT2D eigenvalue weighted by atomic mass is 9.66.